The Balaban J connectivity index is 2.33. The van der Waals surface area contributed by atoms with Crippen molar-refractivity contribution in [2.75, 3.05) is 7.05 Å². The normalized spacial score (nSPS) is 14.5. The van der Waals surface area contributed by atoms with Gasteiger partial charge in [-0.2, -0.15) is 4.72 Å². The van der Waals surface area contributed by atoms with Gasteiger partial charge in [0.1, 0.15) is 17.7 Å². The fourth-order valence-electron chi connectivity index (χ4n) is 3.50. The number of esters is 1. The summed E-state index contributed by atoms with van der Waals surface area (Å²) in [6, 6.07) is 5.24. The molecule has 0 unspecified atom stereocenters. The number of hydrogen-bond donors (Lipinski definition) is 1. The molecule has 10 heteroatoms. The van der Waals surface area contributed by atoms with Crippen molar-refractivity contribution in [2.24, 2.45) is 11.8 Å². The summed E-state index contributed by atoms with van der Waals surface area (Å²) in [7, 11) is -2.54. The lowest BCUT2D eigenvalue weighted by Gasteiger charge is -2.34. The molecule has 0 bridgehead atoms. The summed E-state index contributed by atoms with van der Waals surface area (Å²) >= 11 is 1.05. The van der Waals surface area contributed by atoms with Crippen LogP contribution in [-0.2, 0) is 24.3 Å². The van der Waals surface area contributed by atoms with Crippen LogP contribution in [0.3, 0.4) is 0 Å². The van der Waals surface area contributed by atoms with Gasteiger partial charge >= 0.3 is 5.97 Å². The second kappa shape index (κ2) is 10.5. The fraction of sp³-hybridized carbons (Fsp3) is 0.609. The Bertz CT molecular complexity index is 1050. The number of aromatic nitrogens is 1. The van der Waals surface area contributed by atoms with E-state index in [1.165, 1.54) is 11.9 Å². The van der Waals surface area contributed by atoms with Crippen LogP contribution >= 0.6 is 11.3 Å². The van der Waals surface area contributed by atoms with Gasteiger partial charge in [-0.25, -0.2) is 18.2 Å². The van der Waals surface area contributed by atoms with Crippen LogP contribution in [0.5, 0.6) is 0 Å². The number of thiazole rings is 1. The Morgan fingerprint density at radius 3 is 2.27 bits per heavy atom. The van der Waals surface area contributed by atoms with E-state index in [4.69, 9.17) is 4.74 Å². The molecule has 0 saturated heterocycles. The van der Waals surface area contributed by atoms with Gasteiger partial charge in [0.2, 0.25) is 10.2 Å². The highest BCUT2D eigenvalue weighted by molar-refractivity contribution is 7.91. The lowest BCUT2D eigenvalue weighted by atomic mass is 9.99. The molecule has 2 aromatic rings. The summed E-state index contributed by atoms with van der Waals surface area (Å²) in [4.78, 5) is 31.8. The molecule has 1 amide bonds. The number of amides is 1. The predicted molar refractivity (Wildman–Crippen MR) is 130 cm³/mol. The molecule has 0 aliphatic carbocycles. The van der Waals surface area contributed by atoms with E-state index in [1.54, 1.807) is 39.0 Å². The molecule has 8 nitrogen and oxygen atoms in total. The third kappa shape index (κ3) is 7.22. The topological polar surface area (TPSA) is 106 Å². The zero-order valence-electron chi connectivity index (χ0n) is 20.6. The Labute approximate surface area is 200 Å². The minimum atomic E-state index is -4.05. The number of nitrogens with one attached hydrogen (secondary N) is 1. The second-order valence-corrected chi connectivity index (χ2v) is 12.8. The summed E-state index contributed by atoms with van der Waals surface area (Å²) in [5.41, 5.74) is -0.128. The first-order valence-corrected chi connectivity index (χ1v) is 13.3. The van der Waals surface area contributed by atoms with Crippen molar-refractivity contribution in [3.05, 3.63) is 24.3 Å². The van der Waals surface area contributed by atoms with E-state index in [2.05, 4.69) is 9.71 Å². The number of carbonyl (C=O) groups excluding carboxylic acids is 2. The first kappa shape index (κ1) is 27.2. The number of nitrogens with zero attached hydrogens (tertiary/aromatic N) is 2. The molecule has 0 fully saturated rings. The van der Waals surface area contributed by atoms with Crippen molar-refractivity contribution in [2.45, 2.75) is 76.9 Å². The largest absolute Gasteiger partial charge is 0.458 e. The van der Waals surface area contributed by atoms with Crippen molar-refractivity contribution in [1.82, 2.24) is 14.6 Å². The minimum absolute atomic E-state index is 0.0319. The molecule has 0 radical (unpaired) electrons. The number of carbonyl (C=O) groups is 2. The highest BCUT2D eigenvalue weighted by Crippen LogP contribution is 2.26. The smallest absolute Gasteiger partial charge is 0.329 e. The number of ether oxygens (including phenoxy) is 1. The molecule has 0 spiro atoms. The molecule has 2 rings (SSSR count). The Kier molecular flexibility index (Phi) is 8.64. The number of sulfonamides is 1. The molecule has 2 atom stereocenters. The van der Waals surface area contributed by atoms with E-state index in [0.29, 0.717) is 5.52 Å². The average molecular weight is 498 g/mol. The summed E-state index contributed by atoms with van der Waals surface area (Å²) in [6.45, 7) is 12.7. The van der Waals surface area contributed by atoms with Gasteiger partial charge in [-0.1, -0.05) is 39.8 Å². The van der Waals surface area contributed by atoms with E-state index < -0.39 is 39.6 Å². The van der Waals surface area contributed by atoms with Crippen LogP contribution in [-0.4, -0.2) is 54.9 Å². The standard InChI is InChI=1S/C23H35N3O5S2/c1-14(2)13-17(20(27)26(8)19(15(3)4)21(28)31-23(5,6)7)25-33(29,30)22-24-16-11-9-10-12-18(16)32-22/h9-12,14-15,17,19,25H,13H2,1-8H3/t17-,19+/m1/s1. The van der Waals surface area contributed by atoms with Crippen molar-refractivity contribution in [3.63, 3.8) is 0 Å². The van der Waals surface area contributed by atoms with Gasteiger partial charge in [-0.3, -0.25) is 4.79 Å². The monoisotopic (exact) mass is 497 g/mol. The highest BCUT2D eigenvalue weighted by atomic mass is 32.2. The molecule has 1 aromatic carbocycles. The number of benzene rings is 1. The van der Waals surface area contributed by atoms with Gasteiger partial charge in [0, 0.05) is 7.05 Å². The van der Waals surface area contributed by atoms with Crippen molar-refractivity contribution >= 4 is 43.5 Å². The third-order valence-corrected chi connectivity index (χ3v) is 7.74. The minimum Gasteiger partial charge on any atom is -0.458 e. The van der Waals surface area contributed by atoms with E-state index in [1.807, 2.05) is 33.8 Å². The van der Waals surface area contributed by atoms with Crippen LogP contribution < -0.4 is 4.72 Å². The molecule has 1 aromatic heterocycles. The van der Waals surface area contributed by atoms with Crippen LogP contribution in [0.25, 0.3) is 10.2 Å². The summed E-state index contributed by atoms with van der Waals surface area (Å²) in [5, 5.41) is 0. The predicted octanol–water partition coefficient (Wildman–Crippen LogP) is 3.81. The number of fused-ring (bicyclic) bond motifs is 1. The Morgan fingerprint density at radius 2 is 1.76 bits per heavy atom. The molecule has 1 heterocycles. The molecule has 1 N–H and O–H groups in total. The van der Waals surface area contributed by atoms with Crippen LogP contribution in [0.4, 0.5) is 0 Å². The maximum Gasteiger partial charge on any atom is 0.329 e. The third-order valence-electron chi connectivity index (χ3n) is 4.85. The summed E-state index contributed by atoms with van der Waals surface area (Å²) < 4.78 is 34.9. The van der Waals surface area contributed by atoms with Crippen molar-refractivity contribution in [1.29, 1.82) is 0 Å². The van der Waals surface area contributed by atoms with Crippen LogP contribution in [0, 0.1) is 11.8 Å². The zero-order chi connectivity index (χ0) is 25.1. The average Bonchev–Trinajstić information content (AvgIpc) is 3.09. The van der Waals surface area contributed by atoms with Crippen LogP contribution in [0.1, 0.15) is 54.9 Å². The van der Waals surface area contributed by atoms with E-state index >= 15 is 0 Å². The Morgan fingerprint density at radius 1 is 1.15 bits per heavy atom. The summed E-state index contributed by atoms with van der Waals surface area (Å²) in [5.74, 6) is -1.21. The van der Waals surface area contributed by atoms with Gasteiger partial charge in [0.15, 0.2) is 0 Å². The molecular formula is C23H35N3O5S2. The van der Waals surface area contributed by atoms with E-state index in [-0.39, 0.29) is 22.6 Å². The molecule has 0 aliphatic heterocycles. The molecular weight excluding hydrogens is 462 g/mol. The fourth-order valence-corrected chi connectivity index (χ4v) is 5.94. The highest BCUT2D eigenvalue weighted by Gasteiger charge is 2.38. The van der Waals surface area contributed by atoms with Crippen molar-refractivity contribution < 1.29 is 22.7 Å². The van der Waals surface area contributed by atoms with E-state index in [9.17, 15) is 18.0 Å². The quantitative estimate of drug-likeness (QED) is 0.528. The molecule has 0 aliphatic rings. The second-order valence-electron chi connectivity index (χ2n) is 9.92. The number of para-hydroxylation sites is 1. The van der Waals surface area contributed by atoms with Gasteiger partial charge in [0.25, 0.3) is 10.0 Å². The first-order chi connectivity index (χ1) is 15.1. The van der Waals surface area contributed by atoms with Gasteiger partial charge in [-0.15, -0.1) is 11.3 Å². The number of likely N-dealkylation sites (N-methyl/N-ethyl adjacent to an activating group) is 1. The lowest BCUT2D eigenvalue weighted by molar-refractivity contribution is -0.166. The first-order valence-electron chi connectivity index (χ1n) is 11.0. The maximum atomic E-state index is 13.5. The lowest BCUT2D eigenvalue weighted by Crippen LogP contribution is -2.55. The molecule has 33 heavy (non-hydrogen) atoms. The SMILES string of the molecule is CC(C)C[C@@H](NS(=O)(=O)c1nc2ccccc2s1)C(=O)N(C)[C@H](C(=O)OC(C)(C)C)C(C)C. The molecule has 184 valence electrons. The number of hydrogen-bond acceptors (Lipinski definition) is 7. The van der Waals surface area contributed by atoms with Gasteiger partial charge in [0.05, 0.1) is 10.2 Å². The van der Waals surface area contributed by atoms with Crippen molar-refractivity contribution in [3.8, 4) is 0 Å². The van der Waals surface area contributed by atoms with Crippen LogP contribution in [0.2, 0.25) is 0 Å². The maximum absolute atomic E-state index is 13.5. The zero-order valence-corrected chi connectivity index (χ0v) is 22.2. The summed E-state index contributed by atoms with van der Waals surface area (Å²) in [6.07, 6.45) is 0.270. The van der Waals surface area contributed by atoms with Gasteiger partial charge < -0.3 is 9.64 Å². The Hall–Kier alpha value is -2.04. The number of rotatable bonds is 9. The van der Waals surface area contributed by atoms with E-state index in [0.717, 1.165) is 16.0 Å². The van der Waals surface area contributed by atoms with Crippen LogP contribution in [0.15, 0.2) is 28.6 Å². The molecule has 0 saturated carbocycles. The van der Waals surface area contributed by atoms with Gasteiger partial charge in [-0.05, 0) is 51.2 Å².